The third-order valence-corrected chi connectivity index (χ3v) is 10.2. The summed E-state index contributed by atoms with van der Waals surface area (Å²) in [6.45, 7) is 15.9. The number of aryl methyl sites for hydroxylation is 3. The predicted octanol–water partition coefficient (Wildman–Crippen LogP) is 6.24. The number of unbranched alkanes of at least 4 members (excludes halogenated alkanes) is 2. The van der Waals surface area contributed by atoms with Crippen LogP contribution >= 0.6 is 0 Å². The summed E-state index contributed by atoms with van der Waals surface area (Å²) in [5.74, 6) is -0.518. The van der Waals surface area contributed by atoms with Crippen molar-refractivity contribution in [1.29, 1.82) is 0 Å². The molecule has 0 spiro atoms. The fourth-order valence-electron chi connectivity index (χ4n) is 3.91. The molecule has 0 aliphatic rings. The van der Waals surface area contributed by atoms with Gasteiger partial charge in [-0.3, -0.25) is 13.7 Å². The number of benzene rings is 3. The Balaban J connectivity index is 0.000000726. The van der Waals surface area contributed by atoms with E-state index in [1.807, 2.05) is 26.8 Å². The Morgan fingerprint density at radius 2 is 1.30 bits per heavy atom. The van der Waals surface area contributed by atoms with Crippen LogP contribution in [0.3, 0.4) is 0 Å². The molecule has 3 rings (SSSR count). The lowest BCUT2D eigenvalue weighted by Crippen LogP contribution is -2.15. The molecule has 0 radical (unpaired) electrons. The van der Waals surface area contributed by atoms with E-state index in [0.29, 0.717) is 27.5 Å². The normalized spacial score (nSPS) is 11.7. The first-order valence-electron chi connectivity index (χ1n) is 14.1. The van der Waals surface area contributed by atoms with Crippen LogP contribution in [-0.2, 0) is 44.7 Å². The molecule has 3 N–H and O–H groups in total. The highest BCUT2D eigenvalue weighted by atomic mass is 32.3. The summed E-state index contributed by atoms with van der Waals surface area (Å²) in [4.78, 5) is -0.515. The summed E-state index contributed by atoms with van der Waals surface area (Å²) in [7, 11) is -17.0. The van der Waals surface area contributed by atoms with Crippen LogP contribution < -0.4 is 0 Å². The van der Waals surface area contributed by atoms with Crippen molar-refractivity contribution in [1.82, 2.24) is 0 Å². The molecule has 0 aromatic heterocycles. The molecule has 260 valence electrons. The van der Waals surface area contributed by atoms with Crippen LogP contribution in [0.1, 0.15) is 62.3 Å². The SMILES string of the molecule is C=CCCCC.CC.Cc1c(S(=O)(=O)O)cc2cc(S(=O)(=O)O)cc(C)c2c1C.Cc1ccc(S(=O)(=O)CCOS(=O)(=O)O)cc1. The maximum atomic E-state index is 11.7. The molecule has 0 saturated heterocycles. The van der Waals surface area contributed by atoms with Crippen LogP contribution in [0.2, 0.25) is 0 Å². The second kappa shape index (κ2) is 18.6. The standard InChI is InChI=1S/C13H14O6S2.C9H12O6S2.C6H12.C2H6/c1-7-4-11(20(14,15)16)5-10-6-12(21(17,18)19)8(2)9(3)13(7)10;1-8-2-4-9(5-3-8)16(10,11)7-6-15-17(12,13)14;1-3-5-6-4-2;1-2/h4-6H,1-3H3,(H,14,15,16)(H,17,18,19);2-5H,6-7H2,1H3,(H,12,13,14);3H,1,4-6H2,2H3;1-2H3. The number of fused-ring (bicyclic) bond motifs is 1. The van der Waals surface area contributed by atoms with Gasteiger partial charge in [0.2, 0.25) is 0 Å². The van der Waals surface area contributed by atoms with E-state index in [2.05, 4.69) is 17.7 Å². The number of allylic oxidation sites excluding steroid dienone is 1. The first-order chi connectivity index (χ1) is 21.0. The summed E-state index contributed by atoms with van der Waals surface area (Å²) in [5.41, 5.74) is 2.52. The molecule has 0 saturated carbocycles. The average molecular weight is 725 g/mol. The van der Waals surface area contributed by atoms with E-state index < -0.39 is 52.8 Å². The Morgan fingerprint density at radius 1 is 0.761 bits per heavy atom. The van der Waals surface area contributed by atoms with Crippen molar-refractivity contribution in [3.63, 3.8) is 0 Å². The molecule has 0 bridgehead atoms. The molecule has 0 aliphatic carbocycles. The van der Waals surface area contributed by atoms with Gasteiger partial charge in [-0.2, -0.15) is 25.3 Å². The van der Waals surface area contributed by atoms with Crippen molar-refractivity contribution >= 4 is 51.2 Å². The molecule has 0 unspecified atom stereocenters. The first-order valence-corrected chi connectivity index (χ1v) is 20.0. The van der Waals surface area contributed by atoms with Gasteiger partial charge in [-0.1, -0.05) is 57.4 Å². The maximum absolute atomic E-state index is 11.7. The van der Waals surface area contributed by atoms with Crippen LogP contribution in [0.5, 0.6) is 0 Å². The highest BCUT2D eigenvalue weighted by Gasteiger charge is 2.20. The molecule has 0 amide bonds. The summed E-state index contributed by atoms with van der Waals surface area (Å²) >= 11 is 0. The first kappa shape index (κ1) is 43.3. The van der Waals surface area contributed by atoms with Gasteiger partial charge in [-0.25, -0.2) is 12.6 Å². The molecule has 12 nitrogen and oxygen atoms in total. The predicted molar refractivity (Wildman–Crippen MR) is 180 cm³/mol. The van der Waals surface area contributed by atoms with Gasteiger partial charge in [-0.15, -0.1) is 6.58 Å². The molecule has 16 heteroatoms. The zero-order valence-corrected chi connectivity index (χ0v) is 30.3. The molecular weight excluding hydrogens is 681 g/mol. The van der Waals surface area contributed by atoms with Crippen LogP contribution in [0.4, 0.5) is 0 Å². The number of hydrogen-bond acceptors (Lipinski definition) is 9. The van der Waals surface area contributed by atoms with E-state index in [9.17, 15) is 38.2 Å². The van der Waals surface area contributed by atoms with Crippen LogP contribution in [0.25, 0.3) is 10.8 Å². The minimum Gasteiger partial charge on any atom is -0.282 e. The maximum Gasteiger partial charge on any atom is 0.397 e. The smallest absolute Gasteiger partial charge is 0.282 e. The summed E-state index contributed by atoms with van der Waals surface area (Å²) in [6.07, 6.45) is 5.72. The Bertz CT molecular complexity index is 1900. The van der Waals surface area contributed by atoms with Crippen molar-refractivity contribution in [2.24, 2.45) is 0 Å². The fraction of sp³-hybridized carbons (Fsp3) is 0.400. The molecule has 0 aliphatic heterocycles. The van der Waals surface area contributed by atoms with Gasteiger partial charge < -0.3 is 0 Å². The molecule has 0 heterocycles. The topological polar surface area (TPSA) is 206 Å². The van der Waals surface area contributed by atoms with Crippen molar-refractivity contribution in [3.8, 4) is 0 Å². The van der Waals surface area contributed by atoms with Crippen molar-refractivity contribution < 1.29 is 51.5 Å². The lowest BCUT2D eigenvalue weighted by molar-refractivity contribution is 0.284. The third-order valence-electron chi connectivity index (χ3n) is 6.24. The highest BCUT2D eigenvalue weighted by Crippen LogP contribution is 2.32. The number of sulfone groups is 1. The van der Waals surface area contributed by atoms with Gasteiger partial charge in [0.25, 0.3) is 20.2 Å². The minimum atomic E-state index is -4.60. The molecule has 0 atom stereocenters. The quantitative estimate of drug-likeness (QED) is 0.121. The van der Waals surface area contributed by atoms with Crippen LogP contribution in [0.15, 0.2) is 69.8 Å². The summed E-state index contributed by atoms with van der Waals surface area (Å²) in [6, 6.07) is 9.83. The van der Waals surface area contributed by atoms with Crippen molar-refractivity contribution in [2.45, 2.75) is 82.4 Å². The molecular formula is C30H44O12S4. The van der Waals surface area contributed by atoms with E-state index >= 15 is 0 Å². The zero-order chi connectivity index (χ0) is 36.1. The Morgan fingerprint density at radius 3 is 1.72 bits per heavy atom. The largest absolute Gasteiger partial charge is 0.397 e. The number of rotatable bonds is 10. The lowest BCUT2D eigenvalue weighted by atomic mass is 9.97. The Kier molecular flexibility index (Phi) is 17.5. The molecule has 3 aromatic carbocycles. The lowest BCUT2D eigenvalue weighted by Gasteiger charge is -2.13. The average Bonchev–Trinajstić information content (AvgIpc) is 2.93. The van der Waals surface area contributed by atoms with Crippen LogP contribution in [-0.4, -0.2) is 59.7 Å². The zero-order valence-electron chi connectivity index (χ0n) is 27.0. The van der Waals surface area contributed by atoms with Gasteiger partial charge in [0, 0.05) is 0 Å². The van der Waals surface area contributed by atoms with Gasteiger partial charge >= 0.3 is 10.4 Å². The Labute approximate surface area is 273 Å². The summed E-state index contributed by atoms with van der Waals surface area (Å²) in [5, 5.41) is 1.01. The minimum absolute atomic E-state index is 0.0852. The van der Waals surface area contributed by atoms with E-state index in [1.54, 1.807) is 32.9 Å². The highest BCUT2D eigenvalue weighted by molar-refractivity contribution is 7.91. The van der Waals surface area contributed by atoms with E-state index in [1.165, 1.54) is 49.6 Å². The van der Waals surface area contributed by atoms with Gasteiger partial charge in [0.05, 0.1) is 27.0 Å². The fourth-order valence-corrected chi connectivity index (χ4v) is 6.81. The summed E-state index contributed by atoms with van der Waals surface area (Å²) < 4.78 is 120. The van der Waals surface area contributed by atoms with Crippen molar-refractivity contribution in [2.75, 3.05) is 12.4 Å². The van der Waals surface area contributed by atoms with Crippen LogP contribution in [0, 0.1) is 27.7 Å². The van der Waals surface area contributed by atoms with Gasteiger partial charge in [0.1, 0.15) is 0 Å². The second-order valence-corrected chi connectivity index (χ2v) is 15.7. The molecule has 0 fully saturated rings. The second-order valence-electron chi connectivity index (χ2n) is 9.73. The molecule has 3 aromatic rings. The van der Waals surface area contributed by atoms with E-state index in [-0.39, 0.29) is 14.7 Å². The Hall–Kier alpha value is -2.70. The number of hydrogen-bond donors (Lipinski definition) is 3. The molecule has 46 heavy (non-hydrogen) atoms. The van der Waals surface area contributed by atoms with E-state index in [0.717, 1.165) is 5.56 Å². The monoisotopic (exact) mass is 724 g/mol. The van der Waals surface area contributed by atoms with E-state index in [4.69, 9.17) is 9.11 Å². The van der Waals surface area contributed by atoms with Gasteiger partial charge in [0.15, 0.2) is 9.84 Å². The van der Waals surface area contributed by atoms with Crippen molar-refractivity contribution in [3.05, 3.63) is 77.4 Å². The van der Waals surface area contributed by atoms with Gasteiger partial charge in [-0.05, 0) is 91.9 Å². The third kappa shape index (κ3) is 14.4.